The minimum atomic E-state index is -0.852. The lowest BCUT2D eigenvalue weighted by Crippen LogP contribution is -2.55. The molecule has 4 heteroatoms. The molecule has 0 aromatic heterocycles. The summed E-state index contributed by atoms with van der Waals surface area (Å²) in [5.41, 5.74) is 0.0156. The molecule has 1 aromatic rings. The number of carbonyl (C=O) groups excluding carboxylic acids is 1. The van der Waals surface area contributed by atoms with Crippen molar-refractivity contribution in [3.63, 3.8) is 0 Å². The Labute approximate surface area is 120 Å². The summed E-state index contributed by atoms with van der Waals surface area (Å²) in [6.45, 7) is 4.46. The van der Waals surface area contributed by atoms with Crippen LogP contribution in [-0.2, 0) is 4.79 Å². The number of anilines is 1. The first kappa shape index (κ1) is 14.9. The van der Waals surface area contributed by atoms with Gasteiger partial charge in [-0.15, -0.1) is 0 Å². The largest absolute Gasteiger partial charge is 0.497 e. The van der Waals surface area contributed by atoms with E-state index in [4.69, 9.17) is 4.74 Å². The smallest absolute Gasteiger partial charge is 0.232 e. The zero-order chi connectivity index (χ0) is 14.8. The van der Waals surface area contributed by atoms with Gasteiger partial charge in [-0.25, -0.2) is 0 Å². The molecule has 1 amide bonds. The zero-order valence-corrected chi connectivity index (χ0v) is 12.4. The maximum atomic E-state index is 12.6. The molecule has 0 unspecified atom stereocenters. The first-order valence-electron chi connectivity index (χ1n) is 7.23. The average molecular weight is 277 g/mol. The molecular weight excluding hydrogens is 254 g/mol. The predicted molar refractivity (Wildman–Crippen MR) is 79.0 cm³/mol. The third kappa shape index (κ3) is 2.52. The molecule has 0 radical (unpaired) electrons. The van der Waals surface area contributed by atoms with E-state index >= 15 is 0 Å². The fraction of sp³-hybridized carbons (Fsp3) is 0.562. The zero-order valence-electron chi connectivity index (χ0n) is 12.4. The Kier molecular flexibility index (Phi) is 4.33. The van der Waals surface area contributed by atoms with Crippen LogP contribution < -0.4 is 9.64 Å². The van der Waals surface area contributed by atoms with Crippen molar-refractivity contribution in [1.29, 1.82) is 0 Å². The van der Waals surface area contributed by atoms with Gasteiger partial charge in [0.25, 0.3) is 0 Å². The average Bonchev–Trinajstić information content (AvgIpc) is 2.48. The maximum absolute atomic E-state index is 12.6. The lowest BCUT2D eigenvalue weighted by Gasteiger charge is -2.43. The van der Waals surface area contributed by atoms with Crippen LogP contribution >= 0.6 is 0 Å². The lowest BCUT2D eigenvalue weighted by molar-refractivity contribution is -0.137. The summed E-state index contributed by atoms with van der Waals surface area (Å²) < 4.78 is 5.13. The van der Waals surface area contributed by atoms with Gasteiger partial charge in [-0.1, -0.05) is 13.8 Å². The Morgan fingerprint density at radius 2 is 2.00 bits per heavy atom. The number of hydrogen-bond donors (Lipinski definition) is 1. The van der Waals surface area contributed by atoms with E-state index in [0.29, 0.717) is 25.8 Å². The molecule has 1 saturated heterocycles. The highest BCUT2D eigenvalue weighted by Crippen LogP contribution is 2.36. The van der Waals surface area contributed by atoms with E-state index < -0.39 is 5.60 Å². The van der Waals surface area contributed by atoms with Gasteiger partial charge in [0.1, 0.15) is 5.75 Å². The number of aliphatic hydroxyl groups is 1. The highest BCUT2D eigenvalue weighted by Gasteiger charge is 2.45. The number of carbonyl (C=O) groups is 1. The van der Waals surface area contributed by atoms with Crippen molar-refractivity contribution < 1.29 is 14.6 Å². The summed E-state index contributed by atoms with van der Waals surface area (Å²) in [6, 6.07) is 7.48. The van der Waals surface area contributed by atoms with Crippen molar-refractivity contribution in [2.45, 2.75) is 38.7 Å². The fourth-order valence-corrected chi connectivity index (χ4v) is 3.00. The first-order valence-corrected chi connectivity index (χ1v) is 7.23. The van der Waals surface area contributed by atoms with Crippen molar-refractivity contribution in [1.82, 2.24) is 0 Å². The third-order valence-corrected chi connectivity index (χ3v) is 4.39. The van der Waals surface area contributed by atoms with Gasteiger partial charge < -0.3 is 14.7 Å². The normalized spacial score (nSPS) is 26.7. The van der Waals surface area contributed by atoms with Crippen LogP contribution in [0.5, 0.6) is 5.75 Å². The minimum absolute atomic E-state index is 0.0215. The van der Waals surface area contributed by atoms with Crippen molar-refractivity contribution in [2.24, 2.45) is 5.92 Å². The molecule has 4 nitrogen and oxygen atoms in total. The van der Waals surface area contributed by atoms with Crippen LogP contribution in [-0.4, -0.2) is 30.3 Å². The molecule has 0 saturated carbocycles. The Hall–Kier alpha value is -1.55. The number of hydrogen-bond acceptors (Lipinski definition) is 3. The summed E-state index contributed by atoms with van der Waals surface area (Å²) in [4.78, 5) is 14.4. The maximum Gasteiger partial charge on any atom is 0.232 e. The number of methoxy groups -OCH3 is 1. The topological polar surface area (TPSA) is 49.8 Å². The summed E-state index contributed by atoms with van der Waals surface area (Å²) in [7, 11) is 1.62. The molecule has 0 aliphatic carbocycles. The van der Waals surface area contributed by atoms with E-state index in [9.17, 15) is 9.90 Å². The summed E-state index contributed by atoms with van der Waals surface area (Å²) in [6.07, 6.45) is 1.91. The van der Waals surface area contributed by atoms with Crippen LogP contribution in [0.1, 0.15) is 33.1 Å². The van der Waals surface area contributed by atoms with Gasteiger partial charge in [-0.2, -0.15) is 0 Å². The van der Waals surface area contributed by atoms with Crippen molar-refractivity contribution in [2.75, 3.05) is 18.6 Å². The first-order chi connectivity index (χ1) is 9.55. The summed E-state index contributed by atoms with van der Waals surface area (Å²) >= 11 is 0. The molecule has 2 rings (SSSR count). The summed E-state index contributed by atoms with van der Waals surface area (Å²) in [5, 5.41) is 10.6. The van der Waals surface area contributed by atoms with E-state index in [0.717, 1.165) is 11.4 Å². The van der Waals surface area contributed by atoms with Gasteiger partial charge in [-0.3, -0.25) is 4.79 Å². The quantitative estimate of drug-likeness (QED) is 0.920. The van der Waals surface area contributed by atoms with Gasteiger partial charge in [0.2, 0.25) is 5.91 Å². The molecule has 1 aliphatic rings. The van der Waals surface area contributed by atoms with Gasteiger partial charge in [-0.05, 0) is 43.5 Å². The Bertz CT molecular complexity index is 471. The van der Waals surface area contributed by atoms with Gasteiger partial charge in [0.05, 0.1) is 18.6 Å². The second kappa shape index (κ2) is 5.83. The van der Waals surface area contributed by atoms with Crippen LogP contribution in [0.3, 0.4) is 0 Å². The molecule has 0 spiro atoms. The van der Waals surface area contributed by atoms with Crippen molar-refractivity contribution in [3.8, 4) is 5.75 Å². The van der Waals surface area contributed by atoms with E-state index in [2.05, 4.69) is 0 Å². The molecular formula is C16H23NO3. The second-order valence-electron chi connectivity index (χ2n) is 5.36. The van der Waals surface area contributed by atoms with E-state index in [1.54, 1.807) is 12.0 Å². The number of nitrogens with zero attached hydrogens (tertiary/aromatic N) is 1. The number of amides is 1. The standard InChI is InChI=1S/C16H23NO3/c1-4-14-15(18)17(11-10-16(14,19)5-2)12-6-8-13(20-3)9-7-12/h6-9,14,19H,4-5,10-11H2,1-3H3/t14-,16+/m0/s1. The minimum Gasteiger partial charge on any atom is -0.497 e. The molecule has 1 aromatic carbocycles. The monoisotopic (exact) mass is 277 g/mol. The molecule has 2 atom stereocenters. The number of ether oxygens (including phenoxy) is 1. The van der Waals surface area contributed by atoms with E-state index in [1.807, 2.05) is 38.1 Å². The Balaban J connectivity index is 2.24. The molecule has 1 N–H and O–H groups in total. The summed E-state index contributed by atoms with van der Waals surface area (Å²) in [5.74, 6) is 0.479. The molecule has 0 bridgehead atoms. The van der Waals surface area contributed by atoms with Crippen LogP contribution in [0.25, 0.3) is 0 Å². The SMILES string of the molecule is CC[C@H]1C(=O)N(c2ccc(OC)cc2)CC[C@]1(O)CC. The van der Waals surface area contributed by atoms with Crippen LogP contribution in [0.2, 0.25) is 0 Å². The van der Waals surface area contributed by atoms with Crippen molar-refractivity contribution >= 4 is 11.6 Å². The van der Waals surface area contributed by atoms with Crippen LogP contribution in [0.4, 0.5) is 5.69 Å². The fourth-order valence-electron chi connectivity index (χ4n) is 3.00. The molecule has 110 valence electrons. The van der Waals surface area contributed by atoms with Gasteiger partial charge >= 0.3 is 0 Å². The number of benzene rings is 1. The van der Waals surface area contributed by atoms with Gasteiger partial charge in [0, 0.05) is 12.2 Å². The third-order valence-electron chi connectivity index (χ3n) is 4.39. The predicted octanol–water partition coefficient (Wildman–Crippen LogP) is 2.60. The lowest BCUT2D eigenvalue weighted by atomic mass is 9.77. The number of rotatable bonds is 4. The Morgan fingerprint density at radius 3 is 2.50 bits per heavy atom. The molecule has 1 heterocycles. The van der Waals surface area contributed by atoms with Crippen LogP contribution in [0, 0.1) is 5.92 Å². The molecule has 1 aliphatic heterocycles. The number of piperidine rings is 1. The molecule has 20 heavy (non-hydrogen) atoms. The van der Waals surface area contributed by atoms with Crippen molar-refractivity contribution in [3.05, 3.63) is 24.3 Å². The molecule has 1 fully saturated rings. The highest BCUT2D eigenvalue weighted by molar-refractivity contribution is 5.96. The second-order valence-corrected chi connectivity index (χ2v) is 5.36. The highest BCUT2D eigenvalue weighted by atomic mass is 16.5. The van der Waals surface area contributed by atoms with E-state index in [1.165, 1.54) is 0 Å². The van der Waals surface area contributed by atoms with Crippen LogP contribution in [0.15, 0.2) is 24.3 Å². The Morgan fingerprint density at radius 1 is 1.35 bits per heavy atom. The van der Waals surface area contributed by atoms with Gasteiger partial charge in [0.15, 0.2) is 0 Å². The van der Waals surface area contributed by atoms with E-state index in [-0.39, 0.29) is 11.8 Å².